The van der Waals surface area contributed by atoms with E-state index in [4.69, 9.17) is 26.2 Å². The summed E-state index contributed by atoms with van der Waals surface area (Å²) in [4.78, 5) is 25.3. The minimum Gasteiger partial charge on any atom is -0.491 e. The second-order valence-corrected chi connectivity index (χ2v) is 7.11. The van der Waals surface area contributed by atoms with Crippen LogP contribution in [0.2, 0.25) is 5.02 Å². The van der Waals surface area contributed by atoms with E-state index < -0.39 is 11.4 Å². The first-order chi connectivity index (χ1) is 13.8. The molecule has 8 heteroatoms. The van der Waals surface area contributed by atoms with Gasteiger partial charge in [0.05, 0.1) is 29.6 Å². The first-order valence-electron chi connectivity index (χ1n) is 9.48. The summed E-state index contributed by atoms with van der Waals surface area (Å²) >= 11 is 6.46. The molecule has 2 aromatic rings. The smallest absolute Gasteiger partial charge is 0.341 e. The average Bonchev–Trinajstić information content (AvgIpc) is 2.84. The lowest BCUT2D eigenvalue weighted by molar-refractivity contribution is 0.0694. The van der Waals surface area contributed by atoms with E-state index >= 15 is 0 Å². The molecular formula is C21H27ClN2O5. The zero-order valence-corrected chi connectivity index (χ0v) is 18.0. The number of aromatic nitrogens is 1. The zero-order chi connectivity index (χ0) is 21.6. The normalized spacial score (nSPS) is 11.9. The first-order valence-corrected chi connectivity index (χ1v) is 9.86. The summed E-state index contributed by atoms with van der Waals surface area (Å²) in [6, 6.07) is 4.90. The molecule has 3 rings (SSSR count). The number of rotatable bonds is 5. The topological polar surface area (TPSA) is 81.0 Å². The van der Waals surface area contributed by atoms with Crippen molar-refractivity contribution in [3.63, 3.8) is 0 Å². The van der Waals surface area contributed by atoms with E-state index in [9.17, 15) is 9.59 Å². The SMILES string of the molecule is CCC.COCCN(C)c1cc2c(cc1Cl)-c1cc(=O)c(C(=O)O)cn1CCO2. The Balaban J connectivity index is 0.000000941. The molecule has 0 radical (unpaired) electrons. The lowest BCUT2D eigenvalue weighted by Gasteiger charge is -2.22. The number of carbonyl (C=O) groups is 1. The fourth-order valence-corrected chi connectivity index (χ4v) is 3.22. The molecule has 0 saturated heterocycles. The fraction of sp³-hybridized carbons (Fsp3) is 0.429. The van der Waals surface area contributed by atoms with Crippen molar-refractivity contribution in [1.29, 1.82) is 0 Å². The molecule has 1 N–H and O–H groups in total. The van der Waals surface area contributed by atoms with Crippen molar-refractivity contribution < 1.29 is 19.4 Å². The Morgan fingerprint density at radius 2 is 2.03 bits per heavy atom. The molecule has 0 bridgehead atoms. The molecule has 1 aromatic heterocycles. The number of fused-ring (bicyclic) bond motifs is 3. The van der Waals surface area contributed by atoms with Gasteiger partial charge in [0.1, 0.15) is 17.9 Å². The lowest BCUT2D eigenvalue weighted by atomic mass is 10.1. The maximum Gasteiger partial charge on any atom is 0.341 e. The summed E-state index contributed by atoms with van der Waals surface area (Å²) in [5.74, 6) is -0.647. The van der Waals surface area contributed by atoms with E-state index in [-0.39, 0.29) is 5.56 Å². The van der Waals surface area contributed by atoms with Gasteiger partial charge in [0.15, 0.2) is 5.43 Å². The van der Waals surface area contributed by atoms with Crippen molar-refractivity contribution >= 4 is 23.3 Å². The Hall–Kier alpha value is -2.51. The molecule has 29 heavy (non-hydrogen) atoms. The summed E-state index contributed by atoms with van der Waals surface area (Å²) in [5, 5.41) is 9.67. The number of carboxylic acid groups (broad SMARTS) is 1. The molecule has 0 aliphatic carbocycles. The molecule has 158 valence electrons. The molecule has 2 heterocycles. The summed E-state index contributed by atoms with van der Waals surface area (Å²) in [5.41, 5.74) is 1.22. The number of likely N-dealkylation sites (N-methyl/N-ethyl adjacent to an activating group) is 1. The standard InChI is InChI=1S/C18H19ClN2O5.C3H8/c1-20(3-5-25-2)15-9-17-11(7-13(15)19)14-8-16(22)12(18(23)24)10-21(14)4-6-26-17;1-3-2/h7-10H,3-6H2,1-2H3,(H,23,24);3H2,1-2H3. The van der Waals surface area contributed by atoms with Crippen LogP contribution in [0.25, 0.3) is 11.3 Å². The van der Waals surface area contributed by atoms with Crippen LogP contribution in [-0.2, 0) is 11.3 Å². The maximum atomic E-state index is 12.1. The number of carboxylic acids is 1. The quantitative estimate of drug-likeness (QED) is 0.790. The van der Waals surface area contributed by atoms with Crippen LogP contribution in [0.1, 0.15) is 30.6 Å². The largest absolute Gasteiger partial charge is 0.491 e. The highest BCUT2D eigenvalue weighted by Gasteiger charge is 2.21. The van der Waals surface area contributed by atoms with Crippen molar-refractivity contribution in [3.05, 3.63) is 45.2 Å². The highest BCUT2D eigenvalue weighted by atomic mass is 35.5. The van der Waals surface area contributed by atoms with Crippen molar-refractivity contribution in [2.45, 2.75) is 26.8 Å². The van der Waals surface area contributed by atoms with Gasteiger partial charge in [0, 0.05) is 44.6 Å². The number of benzene rings is 1. The van der Waals surface area contributed by atoms with Gasteiger partial charge in [-0.2, -0.15) is 0 Å². The number of aromatic carboxylic acids is 1. The van der Waals surface area contributed by atoms with Crippen LogP contribution < -0.4 is 15.1 Å². The van der Waals surface area contributed by atoms with Crippen LogP contribution in [0.4, 0.5) is 5.69 Å². The van der Waals surface area contributed by atoms with E-state index in [2.05, 4.69) is 13.8 Å². The Morgan fingerprint density at radius 3 is 2.66 bits per heavy atom. The number of halogens is 1. The van der Waals surface area contributed by atoms with Gasteiger partial charge in [-0.1, -0.05) is 31.9 Å². The van der Waals surface area contributed by atoms with Gasteiger partial charge in [0.2, 0.25) is 0 Å². The number of hydrogen-bond acceptors (Lipinski definition) is 5. The minimum atomic E-state index is -1.25. The summed E-state index contributed by atoms with van der Waals surface area (Å²) in [6.07, 6.45) is 2.60. The van der Waals surface area contributed by atoms with Crippen molar-refractivity contribution in [3.8, 4) is 17.0 Å². The zero-order valence-electron chi connectivity index (χ0n) is 17.2. The third-order valence-electron chi connectivity index (χ3n) is 4.31. The Morgan fingerprint density at radius 1 is 1.34 bits per heavy atom. The first kappa shape index (κ1) is 22.8. The van der Waals surface area contributed by atoms with Crippen molar-refractivity contribution in [2.75, 3.05) is 38.8 Å². The van der Waals surface area contributed by atoms with Crippen LogP contribution in [-0.4, -0.2) is 49.6 Å². The highest BCUT2D eigenvalue weighted by molar-refractivity contribution is 6.33. The number of methoxy groups -OCH3 is 1. The molecule has 0 spiro atoms. The van der Waals surface area contributed by atoms with Crippen LogP contribution in [0.3, 0.4) is 0 Å². The predicted octanol–water partition coefficient (Wildman–Crippen LogP) is 3.76. The lowest BCUT2D eigenvalue weighted by Crippen LogP contribution is -2.22. The number of nitrogens with zero attached hydrogens (tertiary/aromatic N) is 2. The molecule has 1 aliphatic heterocycles. The number of hydrogen-bond donors (Lipinski definition) is 1. The van der Waals surface area contributed by atoms with Gasteiger partial charge >= 0.3 is 5.97 Å². The summed E-state index contributed by atoms with van der Waals surface area (Å²) in [7, 11) is 3.54. The Labute approximate surface area is 175 Å². The predicted molar refractivity (Wildman–Crippen MR) is 115 cm³/mol. The van der Waals surface area contributed by atoms with E-state index in [1.165, 1.54) is 18.7 Å². The molecule has 0 amide bonds. The summed E-state index contributed by atoms with van der Waals surface area (Å²) < 4.78 is 12.6. The van der Waals surface area contributed by atoms with E-state index in [0.717, 1.165) is 5.69 Å². The Bertz CT molecular complexity index is 926. The highest BCUT2D eigenvalue weighted by Crippen LogP contribution is 2.39. The molecular weight excluding hydrogens is 396 g/mol. The van der Waals surface area contributed by atoms with Crippen molar-refractivity contribution in [1.82, 2.24) is 4.57 Å². The van der Waals surface area contributed by atoms with Crippen LogP contribution in [0, 0.1) is 0 Å². The fourth-order valence-electron chi connectivity index (χ4n) is 2.91. The third-order valence-corrected chi connectivity index (χ3v) is 4.62. The van der Waals surface area contributed by atoms with Gasteiger partial charge in [-0.3, -0.25) is 4.79 Å². The number of pyridine rings is 1. The van der Waals surface area contributed by atoms with Gasteiger partial charge in [-0.25, -0.2) is 4.79 Å². The van der Waals surface area contributed by atoms with Crippen LogP contribution in [0.15, 0.2) is 29.2 Å². The Kier molecular flexibility index (Phi) is 8.10. The second-order valence-electron chi connectivity index (χ2n) is 6.70. The number of anilines is 1. The van der Waals surface area contributed by atoms with E-state index in [1.54, 1.807) is 17.7 Å². The minimum absolute atomic E-state index is 0.265. The molecule has 1 aliphatic rings. The second kappa shape index (κ2) is 10.3. The third kappa shape index (κ3) is 5.31. The van der Waals surface area contributed by atoms with Crippen LogP contribution >= 0.6 is 11.6 Å². The van der Waals surface area contributed by atoms with E-state index in [0.29, 0.717) is 48.3 Å². The van der Waals surface area contributed by atoms with Gasteiger partial charge in [-0.05, 0) is 6.07 Å². The molecule has 0 fully saturated rings. The van der Waals surface area contributed by atoms with Gasteiger partial charge in [-0.15, -0.1) is 0 Å². The van der Waals surface area contributed by atoms with Gasteiger partial charge in [0.25, 0.3) is 0 Å². The molecule has 0 unspecified atom stereocenters. The molecule has 0 atom stereocenters. The molecule has 1 aromatic carbocycles. The monoisotopic (exact) mass is 422 g/mol. The van der Waals surface area contributed by atoms with Crippen LogP contribution in [0.5, 0.6) is 5.75 Å². The average molecular weight is 423 g/mol. The molecule has 7 nitrogen and oxygen atoms in total. The maximum absolute atomic E-state index is 12.1. The van der Waals surface area contributed by atoms with Gasteiger partial charge < -0.3 is 24.0 Å². The van der Waals surface area contributed by atoms with E-state index in [1.807, 2.05) is 18.0 Å². The number of ether oxygens (including phenoxy) is 2. The summed E-state index contributed by atoms with van der Waals surface area (Å²) in [6.45, 7) is 6.25. The van der Waals surface area contributed by atoms with Crippen molar-refractivity contribution in [2.24, 2.45) is 0 Å². The molecule has 0 saturated carbocycles.